The van der Waals surface area contributed by atoms with Crippen LogP contribution >= 0.6 is 11.3 Å². The maximum atomic E-state index is 12.9. The fourth-order valence-corrected chi connectivity index (χ4v) is 3.81. The first-order valence-corrected chi connectivity index (χ1v) is 9.66. The molecule has 0 radical (unpaired) electrons. The van der Waals surface area contributed by atoms with Gasteiger partial charge in [0.25, 0.3) is 5.91 Å². The average Bonchev–Trinajstić information content (AvgIpc) is 3.11. The Morgan fingerprint density at radius 2 is 1.70 bits per heavy atom. The molecule has 0 unspecified atom stereocenters. The van der Waals surface area contributed by atoms with Crippen molar-refractivity contribution in [1.29, 1.82) is 0 Å². The molecule has 1 aromatic heterocycles. The lowest BCUT2D eigenvalue weighted by atomic mass is 10.1. The Bertz CT molecular complexity index is 775. The van der Waals surface area contributed by atoms with Crippen molar-refractivity contribution in [2.24, 2.45) is 0 Å². The normalized spacial score (nSPS) is 14.9. The molecule has 1 fully saturated rings. The molecule has 2 aromatic rings. The molecule has 1 saturated heterocycles. The van der Waals surface area contributed by atoms with Gasteiger partial charge in [0.15, 0.2) is 11.5 Å². The molecule has 7 nitrogen and oxygen atoms in total. The van der Waals surface area contributed by atoms with Gasteiger partial charge in [-0.1, -0.05) is 0 Å². The van der Waals surface area contributed by atoms with E-state index in [-0.39, 0.29) is 5.91 Å². The van der Waals surface area contributed by atoms with Gasteiger partial charge < -0.3 is 19.1 Å². The number of piperazine rings is 1. The number of amides is 1. The van der Waals surface area contributed by atoms with E-state index in [1.54, 1.807) is 44.8 Å². The number of hydrogen-bond donors (Lipinski definition) is 0. The zero-order chi connectivity index (χ0) is 19.4. The summed E-state index contributed by atoms with van der Waals surface area (Å²) < 4.78 is 16.0. The highest BCUT2D eigenvalue weighted by atomic mass is 32.1. The predicted octanol–water partition coefficient (Wildman–Crippen LogP) is 2.44. The van der Waals surface area contributed by atoms with Gasteiger partial charge in [0.1, 0.15) is 0 Å². The number of nitrogens with zero attached hydrogens (tertiary/aromatic N) is 3. The fourth-order valence-electron chi connectivity index (χ4n) is 3.21. The van der Waals surface area contributed by atoms with Gasteiger partial charge in [-0.25, -0.2) is 4.98 Å². The first-order valence-electron chi connectivity index (χ1n) is 8.78. The fraction of sp³-hybridized carbons (Fsp3) is 0.474. The number of methoxy groups -OCH3 is 3. The Kier molecular flexibility index (Phi) is 6.18. The van der Waals surface area contributed by atoms with Crippen molar-refractivity contribution >= 4 is 17.2 Å². The summed E-state index contributed by atoms with van der Waals surface area (Å²) in [6, 6.07) is 3.40. The Balaban J connectivity index is 1.67. The number of hydrogen-bond acceptors (Lipinski definition) is 7. The van der Waals surface area contributed by atoms with E-state index in [0.29, 0.717) is 35.9 Å². The standard InChI is InChI=1S/C19H25N3O4S/c1-13-20-15(12-27-13)11-21-5-7-22(8-6-21)19(23)14-9-16(24-2)18(26-4)17(10-14)25-3/h9-10,12H,5-8,11H2,1-4H3. The highest BCUT2D eigenvalue weighted by Gasteiger charge is 2.25. The van der Waals surface area contributed by atoms with Crippen molar-refractivity contribution in [3.8, 4) is 17.2 Å². The molecule has 0 bridgehead atoms. The quantitative estimate of drug-likeness (QED) is 0.754. The summed E-state index contributed by atoms with van der Waals surface area (Å²) in [5, 5.41) is 3.18. The molecular formula is C19H25N3O4S. The lowest BCUT2D eigenvalue weighted by Gasteiger charge is -2.34. The first-order chi connectivity index (χ1) is 13.0. The minimum absolute atomic E-state index is 0.0293. The minimum atomic E-state index is -0.0293. The van der Waals surface area contributed by atoms with Gasteiger partial charge in [-0.2, -0.15) is 0 Å². The molecule has 3 rings (SSSR count). The van der Waals surface area contributed by atoms with Crippen LogP contribution < -0.4 is 14.2 Å². The van der Waals surface area contributed by atoms with Gasteiger partial charge in [0.05, 0.1) is 32.0 Å². The Labute approximate surface area is 163 Å². The van der Waals surface area contributed by atoms with Crippen molar-refractivity contribution in [3.63, 3.8) is 0 Å². The third kappa shape index (κ3) is 4.33. The van der Waals surface area contributed by atoms with Crippen molar-refractivity contribution in [3.05, 3.63) is 33.8 Å². The second kappa shape index (κ2) is 8.58. The molecule has 0 atom stereocenters. The van der Waals surface area contributed by atoms with Crippen LogP contribution in [0, 0.1) is 6.92 Å². The van der Waals surface area contributed by atoms with Crippen LogP contribution in [0.1, 0.15) is 21.1 Å². The number of rotatable bonds is 6. The smallest absolute Gasteiger partial charge is 0.254 e. The topological polar surface area (TPSA) is 64.1 Å². The molecule has 1 aliphatic heterocycles. The summed E-state index contributed by atoms with van der Waals surface area (Å²) in [7, 11) is 4.64. The van der Waals surface area contributed by atoms with Crippen LogP contribution in [0.3, 0.4) is 0 Å². The van der Waals surface area contributed by atoms with E-state index in [4.69, 9.17) is 14.2 Å². The number of benzene rings is 1. The number of thiazole rings is 1. The van der Waals surface area contributed by atoms with E-state index < -0.39 is 0 Å². The molecule has 0 N–H and O–H groups in total. The number of carbonyl (C=O) groups excluding carboxylic acids is 1. The van der Waals surface area contributed by atoms with Crippen molar-refractivity contribution in [2.75, 3.05) is 47.5 Å². The Hall–Kier alpha value is -2.32. The van der Waals surface area contributed by atoms with Crippen molar-refractivity contribution in [1.82, 2.24) is 14.8 Å². The third-order valence-corrected chi connectivity index (χ3v) is 5.45. The van der Waals surface area contributed by atoms with Gasteiger partial charge >= 0.3 is 0 Å². The van der Waals surface area contributed by atoms with Crippen LogP contribution in [0.5, 0.6) is 17.2 Å². The zero-order valence-electron chi connectivity index (χ0n) is 16.2. The van der Waals surface area contributed by atoms with E-state index >= 15 is 0 Å². The molecule has 0 saturated carbocycles. The summed E-state index contributed by atoms with van der Waals surface area (Å²) in [4.78, 5) is 21.7. The highest BCUT2D eigenvalue weighted by molar-refractivity contribution is 7.09. The first kappa shape index (κ1) is 19.4. The van der Waals surface area contributed by atoms with Crippen LogP contribution in [0.2, 0.25) is 0 Å². The summed E-state index contributed by atoms with van der Waals surface area (Å²) in [6.07, 6.45) is 0. The molecule has 1 amide bonds. The predicted molar refractivity (Wildman–Crippen MR) is 104 cm³/mol. The number of ether oxygens (including phenoxy) is 3. The highest BCUT2D eigenvalue weighted by Crippen LogP contribution is 2.38. The second-order valence-electron chi connectivity index (χ2n) is 6.34. The molecule has 1 aromatic carbocycles. The van der Waals surface area contributed by atoms with Gasteiger partial charge in [-0.15, -0.1) is 11.3 Å². The summed E-state index contributed by atoms with van der Waals surface area (Å²) in [6.45, 7) is 5.86. The van der Waals surface area contributed by atoms with Gasteiger partial charge in [-0.3, -0.25) is 9.69 Å². The third-order valence-electron chi connectivity index (χ3n) is 4.62. The Morgan fingerprint density at radius 1 is 1.07 bits per heavy atom. The molecule has 2 heterocycles. The van der Waals surface area contributed by atoms with Crippen LogP contribution in [0.15, 0.2) is 17.5 Å². The van der Waals surface area contributed by atoms with Gasteiger partial charge in [0.2, 0.25) is 5.75 Å². The molecule has 27 heavy (non-hydrogen) atoms. The van der Waals surface area contributed by atoms with Crippen molar-refractivity contribution in [2.45, 2.75) is 13.5 Å². The average molecular weight is 391 g/mol. The van der Waals surface area contributed by atoms with E-state index in [2.05, 4.69) is 15.3 Å². The SMILES string of the molecule is COc1cc(C(=O)N2CCN(Cc3csc(C)n3)CC2)cc(OC)c1OC. The number of carbonyl (C=O) groups is 1. The Morgan fingerprint density at radius 3 is 2.19 bits per heavy atom. The molecule has 146 valence electrons. The summed E-state index contributed by atoms with van der Waals surface area (Å²) >= 11 is 1.67. The van der Waals surface area contributed by atoms with Crippen molar-refractivity contribution < 1.29 is 19.0 Å². The number of aromatic nitrogens is 1. The van der Waals surface area contributed by atoms with Crippen LogP contribution in [-0.2, 0) is 6.54 Å². The lowest BCUT2D eigenvalue weighted by Crippen LogP contribution is -2.48. The van der Waals surface area contributed by atoms with Gasteiger partial charge in [-0.05, 0) is 19.1 Å². The summed E-state index contributed by atoms with van der Waals surface area (Å²) in [5.41, 5.74) is 1.63. The number of aryl methyl sites for hydroxylation is 1. The van der Waals surface area contributed by atoms with Crippen LogP contribution in [0.25, 0.3) is 0 Å². The van der Waals surface area contributed by atoms with Gasteiger partial charge in [0, 0.05) is 43.7 Å². The van der Waals surface area contributed by atoms with Crippen LogP contribution in [-0.4, -0.2) is 68.2 Å². The second-order valence-corrected chi connectivity index (χ2v) is 7.40. The largest absolute Gasteiger partial charge is 0.493 e. The van der Waals surface area contributed by atoms with E-state index in [1.807, 2.05) is 11.8 Å². The summed E-state index contributed by atoms with van der Waals surface area (Å²) in [5.74, 6) is 1.42. The minimum Gasteiger partial charge on any atom is -0.493 e. The lowest BCUT2D eigenvalue weighted by molar-refractivity contribution is 0.0626. The maximum absolute atomic E-state index is 12.9. The zero-order valence-corrected chi connectivity index (χ0v) is 17.0. The van der Waals surface area contributed by atoms with E-state index in [1.165, 1.54) is 0 Å². The molecule has 0 aliphatic carbocycles. The van der Waals surface area contributed by atoms with E-state index in [0.717, 1.165) is 30.3 Å². The molecule has 1 aliphatic rings. The molecule has 8 heteroatoms. The molecular weight excluding hydrogens is 366 g/mol. The maximum Gasteiger partial charge on any atom is 0.254 e. The van der Waals surface area contributed by atoms with Crippen LogP contribution in [0.4, 0.5) is 0 Å². The van der Waals surface area contributed by atoms with E-state index in [9.17, 15) is 4.79 Å². The molecule has 0 spiro atoms. The monoisotopic (exact) mass is 391 g/mol.